The van der Waals surface area contributed by atoms with Crippen LogP contribution in [0, 0.1) is 19.8 Å². The maximum Gasteiger partial charge on any atom is 0.0201 e. The van der Waals surface area contributed by atoms with Crippen molar-refractivity contribution >= 4 is 45.4 Å². The summed E-state index contributed by atoms with van der Waals surface area (Å²) in [4.78, 5) is 4.11. The van der Waals surface area contributed by atoms with Gasteiger partial charge in [-0.15, -0.1) is 11.8 Å². The molecule has 2 aliphatic heterocycles. The predicted octanol–water partition coefficient (Wildman–Crippen LogP) is 10.3. The minimum Gasteiger partial charge on any atom is -0.125 e. The van der Waals surface area contributed by atoms with E-state index in [1.165, 1.54) is 75.5 Å². The average Bonchev–Trinajstić information content (AvgIpc) is 2.92. The van der Waals surface area contributed by atoms with Crippen molar-refractivity contribution in [1.29, 1.82) is 0 Å². The van der Waals surface area contributed by atoms with E-state index in [0.29, 0.717) is 5.92 Å². The molecule has 0 aliphatic carbocycles. The Morgan fingerprint density at radius 2 is 1.38 bits per heavy atom. The Labute approximate surface area is 227 Å². The van der Waals surface area contributed by atoms with Crippen LogP contribution in [0.1, 0.15) is 34.7 Å². The van der Waals surface area contributed by atoms with Crippen molar-refractivity contribution in [3.63, 3.8) is 0 Å². The van der Waals surface area contributed by atoms with Gasteiger partial charge < -0.3 is 0 Å². The van der Waals surface area contributed by atoms with Crippen molar-refractivity contribution in [1.82, 2.24) is 0 Å². The van der Waals surface area contributed by atoms with Crippen LogP contribution in [0.15, 0.2) is 112 Å². The molecule has 0 spiro atoms. The molecule has 5 aromatic carbocycles. The van der Waals surface area contributed by atoms with Gasteiger partial charge >= 0.3 is 0 Å². The number of thioether (sulfide) groups is 1. The SMILES string of the molecule is Cc1cccc(C)c1-c1ccc2c(c1)/C(=C1\c3c(ccc4ccccc34)SC[C@H]1C)c1ccccc1S2. The van der Waals surface area contributed by atoms with Gasteiger partial charge in [0.1, 0.15) is 0 Å². The number of allylic oxidation sites excluding steroid dienone is 1. The zero-order valence-electron chi connectivity index (χ0n) is 21.3. The maximum atomic E-state index is 2.47. The molecule has 1 atom stereocenters. The van der Waals surface area contributed by atoms with Crippen LogP contribution in [-0.4, -0.2) is 5.75 Å². The minimum atomic E-state index is 0.450. The number of aryl methyl sites for hydroxylation is 2. The molecule has 0 nitrogen and oxygen atoms in total. The number of benzene rings is 5. The Balaban J connectivity index is 1.59. The summed E-state index contributed by atoms with van der Waals surface area (Å²) in [7, 11) is 0. The first-order valence-corrected chi connectivity index (χ1v) is 14.8. The monoisotopic (exact) mass is 512 g/mol. The lowest BCUT2D eigenvalue weighted by Crippen LogP contribution is -2.14. The molecule has 0 unspecified atom stereocenters. The van der Waals surface area contributed by atoms with E-state index in [9.17, 15) is 0 Å². The number of fused-ring (bicyclic) bond motifs is 5. The molecule has 180 valence electrons. The van der Waals surface area contributed by atoms with E-state index < -0.39 is 0 Å². The third kappa shape index (κ3) is 3.69. The molecule has 37 heavy (non-hydrogen) atoms. The molecule has 2 heteroatoms. The van der Waals surface area contributed by atoms with E-state index in [2.05, 4.69) is 118 Å². The van der Waals surface area contributed by atoms with Gasteiger partial charge in [0.2, 0.25) is 0 Å². The van der Waals surface area contributed by atoms with E-state index in [-0.39, 0.29) is 0 Å². The molecule has 0 saturated heterocycles. The van der Waals surface area contributed by atoms with Gasteiger partial charge in [0.05, 0.1) is 0 Å². The lowest BCUT2D eigenvalue weighted by atomic mass is 9.81. The average molecular weight is 513 g/mol. The molecule has 0 radical (unpaired) electrons. The van der Waals surface area contributed by atoms with E-state index in [1.54, 1.807) is 0 Å². The Morgan fingerprint density at radius 1 is 0.649 bits per heavy atom. The van der Waals surface area contributed by atoms with Gasteiger partial charge in [0.25, 0.3) is 0 Å². The standard InChI is InChI=1S/C35H28S2/c1-21-9-8-10-22(2)32(21)25-16-17-30-28(19-25)34(27-13-6-7-14-29(27)37-30)33-23(3)20-36-31-18-15-24-11-4-5-12-26(24)35(31)33/h4-19,23H,20H2,1-3H3/b34-33-/t23-/m1/s1. The maximum absolute atomic E-state index is 2.47. The molecule has 5 aromatic rings. The molecule has 0 fully saturated rings. The van der Waals surface area contributed by atoms with Gasteiger partial charge in [-0.2, -0.15) is 0 Å². The van der Waals surface area contributed by atoms with Gasteiger partial charge in [-0.1, -0.05) is 91.5 Å². The van der Waals surface area contributed by atoms with Gasteiger partial charge in [-0.05, 0) is 105 Å². The molecule has 0 N–H and O–H groups in total. The summed E-state index contributed by atoms with van der Waals surface area (Å²) < 4.78 is 0. The third-order valence-corrected chi connectivity index (χ3v) is 10.3. The Morgan fingerprint density at radius 3 is 2.24 bits per heavy atom. The normalized spacial score (nSPS) is 18.3. The van der Waals surface area contributed by atoms with Gasteiger partial charge in [-0.25, -0.2) is 0 Å². The Bertz CT molecular complexity index is 1720. The number of hydrogen-bond acceptors (Lipinski definition) is 2. The fourth-order valence-corrected chi connectivity index (χ4v) is 8.32. The fraction of sp³-hybridized carbons (Fsp3) is 0.143. The molecule has 0 bridgehead atoms. The highest BCUT2D eigenvalue weighted by molar-refractivity contribution is 7.99. The summed E-state index contributed by atoms with van der Waals surface area (Å²) in [6.07, 6.45) is 0. The predicted molar refractivity (Wildman–Crippen MR) is 162 cm³/mol. The van der Waals surface area contributed by atoms with Crippen molar-refractivity contribution in [3.8, 4) is 11.1 Å². The zero-order valence-corrected chi connectivity index (χ0v) is 23.0. The van der Waals surface area contributed by atoms with Crippen molar-refractivity contribution in [2.24, 2.45) is 5.92 Å². The summed E-state index contributed by atoms with van der Waals surface area (Å²) in [5.41, 5.74) is 12.4. The third-order valence-electron chi connectivity index (χ3n) is 7.81. The highest BCUT2D eigenvalue weighted by atomic mass is 32.2. The first kappa shape index (κ1) is 23.0. The summed E-state index contributed by atoms with van der Waals surface area (Å²) in [6, 6.07) is 36.3. The smallest absolute Gasteiger partial charge is 0.0201 e. The van der Waals surface area contributed by atoms with Crippen LogP contribution >= 0.6 is 23.5 Å². The van der Waals surface area contributed by atoms with Crippen molar-refractivity contribution < 1.29 is 0 Å². The molecule has 7 rings (SSSR count). The zero-order chi connectivity index (χ0) is 25.1. The quantitative estimate of drug-likeness (QED) is 0.215. The lowest BCUT2D eigenvalue weighted by molar-refractivity contribution is 0.858. The molecule has 2 heterocycles. The van der Waals surface area contributed by atoms with E-state index in [1.807, 2.05) is 23.5 Å². The molecule has 0 amide bonds. The van der Waals surface area contributed by atoms with Crippen LogP contribution < -0.4 is 0 Å². The summed E-state index contributed by atoms with van der Waals surface area (Å²) in [6.45, 7) is 6.88. The first-order chi connectivity index (χ1) is 18.1. The molecular weight excluding hydrogens is 485 g/mol. The van der Waals surface area contributed by atoms with Crippen LogP contribution in [0.4, 0.5) is 0 Å². The Kier molecular flexibility index (Phi) is 5.57. The highest BCUT2D eigenvalue weighted by Gasteiger charge is 2.31. The van der Waals surface area contributed by atoms with E-state index in [4.69, 9.17) is 0 Å². The topological polar surface area (TPSA) is 0 Å². The van der Waals surface area contributed by atoms with Crippen LogP contribution in [0.25, 0.3) is 33.0 Å². The second kappa shape index (κ2) is 8.97. The molecule has 0 aromatic heterocycles. The van der Waals surface area contributed by atoms with Gasteiger partial charge in [0, 0.05) is 20.4 Å². The molecule has 2 aliphatic rings. The second-order valence-electron chi connectivity index (χ2n) is 10.2. The van der Waals surface area contributed by atoms with Crippen LogP contribution in [0.5, 0.6) is 0 Å². The molecule has 0 saturated carbocycles. The van der Waals surface area contributed by atoms with Gasteiger partial charge in [-0.3, -0.25) is 0 Å². The number of hydrogen-bond donors (Lipinski definition) is 0. The lowest BCUT2D eigenvalue weighted by Gasteiger charge is -2.32. The minimum absolute atomic E-state index is 0.450. The van der Waals surface area contributed by atoms with Crippen LogP contribution in [-0.2, 0) is 0 Å². The fourth-order valence-electron chi connectivity index (χ4n) is 6.12. The van der Waals surface area contributed by atoms with E-state index in [0.717, 1.165) is 5.75 Å². The first-order valence-electron chi connectivity index (χ1n) is 13.0. The van der Waals surface area contributed by atoms with Crippen molar-refractivity contribution in [2.75, 3.05) is 5.75 Å². The van der Waals surface area contributed by atoms with Gasteiger partial charge in [0.15, 0.2) is 0 Å². The van der Waals surface area contributed by atoms with Crippen LogP contribution in [0.2, 0.25) is 0 Å². The van der Waals surface area contributed by atoms with Crippen molar-refractivity contribution in [2.45, 2.75) is 35.5 Å². The van der Waals surface area contributed by atoms with E-state index >= 15 is 0 Å². The summed E-state index contributed by atoms with van der Waals surface area (Å²) in [5, 5.41) is 2.68. The second-order valence-corrected chi connectivity index (χ2v) is 12.4. The van der Waals surface area contributed by atoms with Crippen LogP contribution in [0.3, 0.4) is 0 Å². The van der Waals surface area contributed by atoms with Crippen molar-refractivity contribution in [3.05, 3.63) is 125 Å². The molecular formula is C35H28S2. The number of rotatable bonds is 1. The highest BCUT2D eigenvalue weighted by Crippen LogP contribution is 2.54. The summed E-state index contributed by atoms with van der Waals surface area (Å²) >= 11 is 3.92. The Hall–Kier alpha value is -3.20. The summed E-state index contributed by atoms with van der Waals surface area (Å²) in [5.74, 6) is 1.55. The largest absolute Gasteiger partial charge is 0.125 e.